The molecule has 0 bridgehead atoms. The molecule has 30 nitrogen and oxygen atoms in total. The SMILES string of the molecule is CC(C)C[C@H](NC(=O)[C@H](Cc1cnc[nH]1)NC(=O)[C@H](CCCCN)NC(=O)[C@H](Cc1ccccc1)NC(=O)[C@H](CC(N)=O)NC(=O)CNC(=O)[C@@H](N)CO)C(=O)N[C@@H](CCCN=C(N)N)C(=O)N[C@@H](CCC(=O)O)C(=O)O. The molecule has 0 aliphatic rings. The number of aliphatic imine (C=N–C) groups is 1. The zero-order valence-electron chi connectivity index (χ0n) is 43.0. The summed E-state index contributed by atoms with van der Waals surface area (Å²) in [6.07, 6.45) is 1.03. The van der Waals surface area contributed by atoms with Crippen molar-refractivity contribution >= 4 is 71.1 Å². The number of carbonyl (C=O) groups is 11. The molecule has 0 spiro atoms. The van der Waals surface area contributed by atoms with Gasteiger partial charge in [-0.2, -0.15) is 0 Å². The number of unbranched alkanes of at least 4 members (excludes halogenated alkanes) is 1. The number of nitrogens with one attached hydrogen (secondary N) is 9. The lowest BCUT2D eigenvalue weighted by Gasteiger charge is -2.28. The summed E-state index contributed by atoms with van der Waals surface area (Å²) in [6.45, 7) is 2.25. The number of guanidine groups is 1. The Morgan fingerprint density at radius 3 is 1.70 bits per heavy atom. The molecule has 30 heteroatoms. The Morgan fingerprint density at radius 1 is 0.649 bits per heavy atom. The Labute approximate surface area is 443 Å². The predicted octanol–water partition coefficient (Wildman–Crippen LogP) is -5.92. The molecule has 0 fully saturated rings. The molecule has 0 radical (unpaired) electrons. The third-order valence-electron chi connectivity index (χ3n) is 11.3. The number of hydrogen-bond acceptors (Lipinski definition) is 16. The van der Waals surface area contributed by atoms with Crippen molar-refractivity contribution in [1.82, 2.24) is 52.5 Å². The molecule has 426 valence electrons. The second kappa shape index (κ2) is 34.3. The summed E-state index contributed by atoms with van der Waals surface area (Å²) in [5.41, 5.74) is 28.4. The number of nitrogens with zero attached hydrogens (tertiary/aromatic N) is 2. The van der Waals surface area contributed by atoms with Gasteiger partial charge in [-0.3, -0.25) is 52.9 Å². The van der Waals surface area contributed by atoms with Gasteiger partial charge < -0.3 is 91.5 Å². The van der Waals surface area contributed by atoms with E-state index in [0.717, 1.165) is 0 Å². The number of carboxylic acids is 2. The van der Waals surface area contributed by atoms with Crippen LogP contribution in [0.3, 0.4) is 0 Å². The number of H-pyrrole nitrogens is 1. The van der Waals surface area contributed by atoms with Gasteiger partial charge in [0.1, 0.15) is 48.3 Å². The van der Waals surface area contributed by atoms with Crippen molar-refractivity contribution in [3.8, 4) is 0 Å². The van der Waals surface area contributed by atoms with Gasteiger partial charge in [-0.15, -0.1) is 0 Å². The summed E-state index contributed by atoms with van der Waals surface area (Å²) < 4.78 is 0. The van der Waals surface area contributed by atoms with Gasteiger partial charge in [-0.1, -0.05) is 44.2 Å². The first-order valence-corrected chi connectivity index (χ1v) is 24.7. The van der Waals surface area contributed by atoms with Gasteiger partial charge in [0, 0.05) is 37.7 Å². The lowest BCUT2D eigenvalue weighted by Crippen LogP contribution is -2.60. The minimum atomic E-state index is -1.67. The van der Waals surface area contributed by atoms with Gasteiger partial charge in [-0.25, -0.2) is 9.78 Å². The van der Waals surface area contributed by atoms with Crippen molar-refractivity contribution in [2.24, 2.45) is 39.6 Å². The van der Waals surface area contributed by atoms with Crippen molar-refractivity contribution < 1.29 is 68.1 Å². The first-order valence-electron chi connectivity index (χ1n) is 24.7. The highest BCUT2D eigenvalue weighted by molar-refractivity contribution is 5.98. The number of aromatic amines is 1. The fourth-order valence-corrected chi connectivity index (χ4v) is 7.32. The van der Waals surface area contributed by atoms with E-state index in [9.17, 15) is 57.8 Å². The van der Waals surface area contributed by atoms with Crippen molar-refractivity contribution in [3.05, 3.63) is 54.1 Å². The quantitative estimate of drug-likeness (QED) is 0.0170. The third-order valence-corrected chi connectivity index (χ3v) is 11.3. The Hall–Kier alpha value is -8.25. The second-order valence-electron chi connectivity index (χ2n) is 18.3. The number of aliphatic carboxylic acids is 2. The van der Waals surface area contributed by atoms with Crippen LogP contribution in [-0.4, -0.2) is 171 Å². The third kappa shape index (κ3) is 25.7. The van der Waals surface area contributed by atoms with Crippen LogP contribution in [-0.2, 0) is 65.6 Å². The Kier molecular flexibility index (Phi) is 28.9. The number of carboxylic acid groups (broad SMARTS) is 2. The molecule has 22 N–H and O–H groups in total. The number of aliphatic hydroxyl groups is 1. The molecular formula is C47H74N16O14. The van der Waals surface area contributed by atoms with Crippen LogP contribution in [0.15, 0.2) is 47.8 Å². The minimum Gasteiger partial charge on any atom is -0.481 e. The van der Waals surface area contributed by atoms with E-state index in [1.807, 2.05) is 0 Å². The van der Waals surface area contributed by atoms with E-state index in [1.165, 1.54) is 12.5 Å². The standard InChI is InChI=1S/C47H74N16O14/c1-25(2)17-32(42(72)59-30(12-8-16-54-47(51)52)40(70)60-31(46(76)77)13-14-38(67)68)61-44(74)34(19-27-21-53-24-56-27)63-41(71)29(11-6-7-15-48)58-43(73)33(18-26-9-4-3-5-10-26)62-45(75)35(20-36(50)65)57-37(66)22-55-39(69)28(49)23-64/h3-5,9-10,21,24-25,28-35,64H,6-8,11-20,22-23,48-49H2,1-2H3,(H2,50,65)(H,53,56)(H,55,69)(H,57,66)(H,58,73)(H,59,72)(H,60,70)(H,61,74)(H,62,75)(H,63,71)(H,67,68)(H,76,77)(H4,51,52,54)/t28-,29-,30-,31-,32-,33-,34-,35-/m0/s1. The van der Waals surface area contributed by atoms with E-state index in [-0.39, 0.29) is 69.9 Å². The predicted molar refractivity (Wildman–Crippen MR) is 275 cm³/mol. The first-order chi connectivity index (χ1) is 36.4. The molecule has 1 heterocycles. The maximum atomic E-state index is 14.4. The van der Waals surface area contributed by atoms with Crippen molar-refractivity contribution in [2.75, 3.05) is 26.2 Å². The largest absolute Gasteiger partial charge is 0.481 e. The lowest BCUT2D eigenvalue weighted by atomic mass is 10.0. The van der Waals surface area contributed by atoms with E-state index >= 15 is 0 Å². The molecule has 1 aromatic carbocycles. The van der Waals surface area contributed by atoms with Gasteiger partial charge in [0.05, 0.1) is 25.9 Å². The van der Waals surface area contributed by atoms with Crippen LogP contribution >= 0.6 is 0 Å². The Morgan fingerprint density at radius 2 is 1.18 bits per heavy atom. The molecule has 0 saturated carbocycles. The summed E-state index contributed by atoms with van der Waals surface area (Å²) in [5, 5.41) is 47.7. The number of aromatic nitrogens is 2. The Bertz CT molecular complexity index is 2320. The van der Waals surface area contributed by atoms with E-state index in [0.29, 0.717) is 17.7 Å². The first kappa shape index (κ1) is 64.9. The fraction of sp³-hybridized carbons (Fsp3) is 0.553. The van der Waals surface area contributed by atoms with Crippen LogP contribution in [0.1, 0.15) is 82.9 Å². The molecule has 9 amide bonds. The number of hydrogen-bond donors (Lipinski definition) is 17. The highest BCUT2D eigenvalue weighted by Crippen LogP contribution is 2.12. The summed E-state index contributed by atoms with van der Waals surface area (Å²) in [6, 6.07) is -3.52. The van der Waals surface area contributed by atoms with Crippen molar-refractivity contribution in [2.45, 2.75) is 133 Å². The maximum absolute atomic E-state index is 14.4. The number of amides is 9. The maximum Gasteiger partial charge on any atom is 0.326 e. The van der Waals surface area contributed by atoms with Crippen LogP contribution in [0.25, 0.3) is 0 Å². The topological polar surface area (TPSA) is 516 Å². The van der Waals surface area contributed by atoms with Crippen LogP contribution in [0.4, 0.5) is 0 Å². The number of benzene rings is 1. The zero-order valence-corrected chi connectivity index (χ0v) is 43.0. The van der Waals surface area contributed by atoms with Crippen molar-refractivity contribution in [3.63, 3.8) is 0 Å². The van der Waals surface area contributed by atoms with Crippen LogP contribution in [0, 0.1) is 5.92 Å². The monoisotopic (exact) mass is 1090 g/mol. The average molecular weight is 1090 g/mol. The van der Waals surface area contributed by atoms with Gasteiger partial charge in [0.25, 0.3) is 0 Å². The molecule has 0 aliphatic carbocycles. The van der Waals surface area contributed by atoms with Gasteiger partial charge in [0.2, 0.25) is 53.2 Å². The number of primary amides is 1. The molecule has 2 rings (SSSR count). The molecule has 0 aliphatic heterocycles. The molecule has 2 aromatic rings. The van der Waals surface area contributed by atoms with Crippen molar-refractivity contribution in [1.29, 1.82) is 0 Å². The molecule has 77 heavy (non-hydrogen) atoms. The van der Waals surface area contributed by atoms with Gasteiger partial charge >= 0.3 is 11.9 Å². The average Bonchev–Trinajstić information content (AvgIpc) is 3.89. The minimum absolute atomic E-state index is 0.00476. The number of aliphatic hydroxyl groups excluding tert-OH is 1. The fourth-order valence-electron chi connectivity index (χ4n) is 7.32. The highest BCUT2D eigenvalue weighted by atomic mass is 16.4. The summed E-state index contributed by atoms with van der Waals surface area (Å²) in [7, 11) is 0. The summed E-state index contributed by atoms with van der Waals surface area (Å²) in [5.74, 6) is -11.8. The summed E-state index contributed by atoms with van der Waals surface area (Å²) >= 11 is 0. The van der Waals surface area contributed by atoms with Crippen LogP contribution in [0.5, 0.6) is 0 Å². The highest BCUT2D eigenvalue weighted by Gasteiger charge is 2.35. The molecular weight excluding hydrogens is 1010 g/mol. The van der Waals surface area contributed by atoms with Gasteiger partial charge in [-0.05, 0) is 63.0 Å². The van der Waals surface area contributed by atoms with Crippen LogP contribution in [0.2, 0.25) is 0 Å². The lowest BCUT2D eigenvalue weighted by molar-refractivity contribution is -0.143. The summed E-state index contributed by atoms with van der Waals surface area (Å²) in [4.78, 5) is 155. The molecule has 8 atom stereocenters. The molecule has 0 unspecified atom stereocenters. The van der Waals surface area contributed by atoms with E-state index < -0.39 is 146 Å². The van der Waals surface area contributed by atoms with E-state index in [4.69, 9.17) is 38.9 Å². The normalized spacial score (nSPS) is 14.1. The second-order valence-corrected chi connectivity index (χ2v) is 18.3. The van der Waals surface area contributed by atoms with Crippen LogP contribution < -0.4 is 71.2 Å². The number of imidazole rings is 1. The zero-order chi connectivity index (χ0) is 57.6. The number of rotatable bonds is 37. The van der Waals surface area contributed by atoms with Gasteiger partial charge in [0.15, 0.2) is 5.96 Å². The molecule has 0 saturated heterocycles. The van der Waals surface area contributed by atoms with E-state index in [2.05, 4.69) is 57.5 Å². The van der Waals surface area contributed by atoms with E-state index in [1.54, 1.807) is 44.2 Å². The Balaban J connectivity index is 2.50. The number of nitrogens with two attached hydrogens (primary N) is 5. The molecule has 1 aromatic heterocycles. The smallest absolute Gasteiger partial charge is 0.326 e. The number of carbonyl (C=O) groups excluding carboxylic acids is 9.